The Hall–Kier alpha value is -1.13. The fourth-order valence-electron chi connectivity index (χ4n) is 1.69. The van der Waals surface area contributed by atoms with Crippen molar-refractivity contribution >= 4 is 5.82 Å². The van der Waals surface area contributed by atoms with Crippen LogP contribution in [0.25, 0.3) is 0 Å². The van der Waals surface area contributed by atoms with Crippen molar-refractivity contribution in [3.05, 3.63) is 23.9 Å². The minimum Gasteiger partial charge on any atom is -0.396 e. The minimum absolute atomic E-state index is 0.189. The molecule has 1 rings (SSSR count). The largest absolute Gasteiger partial charge is 0.396 e. The number of pyridine rings is 1. The van der Waals surface area contributed by atoms with Gasteiger partial charge in [-0.3, -0.25) is 0 Å². The maximum absolute atomic E-state index is 9.42. The smallest absolute Gasteiger partial charge is 0.128 e. The second-order valence-corrected chi connectivity index (χ2v) is 4.49. The lowest BCUT2D eigenvalue weighted by Crippen LogP contribution is -2.32. The van der Waals surface area contributed by atoms with Crippen LogP contribution in [0.3, 0.4) is 0 Å². The molecule has 0 saturated heterocycles. The van der Waals surface area contributed by atoms with Crippen LogP contribution in [0, 0.1) is 0 Å². The second kappa shape index (κ2) is 6.57. The van der Waals surface area contributed by atoms with Gasteiger partial charge in [0.1, 0.15) is 5.82 Å². The second-order valence-electron chi connectivity index (χ2n) is 4.49. The number of rotatable bonds is 6. The van der Waals surface area contributed by atoms with Crippen LogP contribution in [-0.2, 0) is 0 Å². The molecule has 0 radical (unpaired) electrons. The van der Waals surface area contributed by atoms with Crippen molar-refractivity contribution in [2.45, 2.75) is 39.3 Å². The first-order valence-electron chi connectivity index (χ1n) is 6.07. The highest BCUT2D eigenvalue weighted by atomic mass is 16.3. The quantitative estimate of drug-likeness (QED) is 0.792. The summed E-state index contributed by atoms with van der Waals surface area (Å²) in [6.07, 6.45) is 1.95. The highest BCUT2D eigenvalue weighted by Gasteiger charge is 2.11. The first kappa shape index (κ1) is 13.9. The summed E-state index contributed by atoms with van der Waals surface area (Å²) in [5.74, 6) is 0.887. The lowest BCUT2D eigenvalue weighted by atomic mass is 10.2. The van der Waals surface area contributed by atoms with Gasteiger partial charge in [-0.2, -0.15) is 0 Å². The van der Waals surface area contributed by atoms with Crippen molar-refractivity contribution < 1.29 is 10.2 Å². The molecule has 1 atom stereocenters. The van der Waals surface area contributed by atoms with E-state index < -0.39 is 6.10 Å². The van der Waals surface area contributed by atoms with Gasteiger partial charge in [0.15, 0.2) is 0 Å². The van der Waals surface area contributed by atoms with Gasteiger partial charge in [-0.05, 0) is 38.8 Å². The standard InChI is InChI=1S/C13H22N2O2/c1-10(2)15(7-4-8-16)13-6-5-12(9-14-13)11(3)17/h5-6,9-11,16-17H,4,7-8H2,1-3H3. The van der Waals surface area contributed by atoms with E-state index in [1.807, 2.05) is 12.1 Å². The SMILES string of the molecule is CC(O)c1ccc(N(CCCO)C(C)C)nc1. The molecule has 17 heavy (non-hydrogen) atoms. The molecule has 2 N–H and O–H groups in total. The molecular formula is C13H22N2O2. The summed E-state index contributed by atoms with van der Waals surface area (Å²) >= 11 is 0. The molecule has 1 aromatic heterocycles. The summed E-state index contributed by atoms with van der Waals surface area (Å²) in [5, 5.41) is 18.3. The van der Waals surface area contributed by atoms with Gasteiger partial charge in [0, 0.05) is 25.4 Å². The molecule has 1 heterocycles. The molecule has 0 spiro atoms. The Morgan fingerprint density at radius 3 is 2.41 bits per heavy atom. The summed E-state index contributed by atoms with van der Waals surface area (Å²) in [4.78, 5) is 6.50. The van der Waals surface area contributed by atoms with Gasteiger partial charge in [0.2, 0.25) is 0 Å². The molecule has 1 unspecified atom stereocenters. The molecule has 0 aliphatic carbocycles. The maximum Gasteiger partial charge on any atom is 0.128 e. The van der Waals surface area contributed by atoms with Crippen LogP contribution in [-0.4, -0.2) is 34.4 Å². The lowest BCUT2D eigenvalue weighted by Gasteiger charge is -2.27. The monoisotopic (exact) mass is 238 g/mol. The average Bonchev–Trinajstić information content (AvgIpc) is 2.29. The van der Waals surface area contributed by atoms with Crippen molar-refractivity contribution in [1.82, 2.24) is 4.98 Å². The molecular weight excluding hydrogens is 216 g/mol. The van der Waals surface area contributed by atoms with Crippen LogP contribution in [0.5, 0.6) is 0 Å². The zero-order chi connectivity index (χ0) is 12.8. The average molecular weight is 238 g/mol. The van der Waals surface area contributed by atoms with Gasteiger partial charge in [-0.25, -0.2) is 4.98 Å². The Kier molecular flexibility index (Phi) is 5.38. The molecule has 4 nitrogen and oxygen atoms in total. The van der Waals surface area contributed by atoms with E-state index in [9.17, 15) is 5.11 Å². The van der Waals surface area contributed by atoms with Gasteiger partial charge < -0.3 is 15.1 Å². The molecule has 0 fully saturated rings. The molecule has 0 amide bonds. The number of aliphatic hydroxyl groups is 2. The Morgan fingerprint density at radius 2 is 2.00 bits per heavy atom. The number of nitrogens with zero attached hydrogens (tertiary/aromatic N) is 2. The van der Waals surface area contributed by atoms with Gasteiger partial charge in [0.05, 0.1) is 6.10 Å². The van der Waals surface area contributed by atoms with Crippen LogP contribution >= 0.6 is 0 Å². The zero-order valence-corrected chi connectivity index (χ0v) is 10.8. The summed E-state index contributed by atoms with van der Waals surface area (Å²) in [6.45, 7) is 6.90. The van der Waals surface area contributed by atoms with E-state index in [-0.39, 0.29) is 6.61 Å². The molecule has 0 saturated carbocycles. The highest BCUT2D eigenvalue weighted by molar-refractivity contribution is 5.40. The van der Waals surface area contributed by atoms with Crippen molar-refractivity contribution in [1.29, 1.82) is 0 Å². The summed E-state index contributed by atoms with van der Waals surface area (Å²) in [5.41, 5.74) is 0.819. The maximum atomic E-state index is 9.42. The molecule has 0 aliphatic rings. The van der Waals surface area contributed by atoms with Crippen LogP contribution in [0.15, 0.2) is 18.3 Å². The van der Waals surface area contributed by atoms with E-state index in [0.717, 1.165) is 24.3 Å². The summed E-state index contributed by atoms with van der Waals surface area (Å²) in [7, 11) is 0. The summed E-state index contributed by atoms with van der Waals surface area (Å²) in [6, 6.07) is 4.15. The van der Waals surface area contributed by atoms with Crippen LogP contribution in [0.2, 0.25) is 0 Å². The van der Waals surface area contributed by atoms with Crippen molar-refractivity contribution in [2.24, 2.45) is 0 Å². The van der Waals surface area contributed by atoms with Gasteiger partial charge in [-0.15, -0.1) is 0 Å². The van der Waals surface area contributed by atoms with Gasteiger partial charge >= 0.3 is 0 Å². The van der Waals surface area contributed by atoms with E-state index in [2.05, 4.69) is 23.7 Å². The molecule has 0 bridgehead atoms. The number of hydrogen-bond acceptors (Lipinski definition) is 4. The fraction of sp³-hybridized carbons (Fsp3) is 0.615. The third-order valence-corrected chi connectivity index (χ3v) is 2.73. The van der Waals surface area contributed by atoms with Crippen molar-refractivity contribution in [2.75, 3.05) is 18.1 Å². The Labute approximate surface area is 103 Å². The van der Waals surface area contributed by atoms with Crippen molar-refractivity contribution in [3.8, 4) is 0 Å². The summed E-state index contributed by atoms with van der Waals surface area (Å²) < 4.78 is 0. The van der Waals surface area contributed by atoms with Crippen LogP contribution in [0.1, 0.15) is 38.9 Å². The molecule has 96 valence electrons. The van der Waals surface area contributed by atoms with Gasteiger partial charge in [0.25, 0.3) is 0 Å². The normalized spacial score (nSPS) is 12.8. The van der Waals surface area contributed by atoms with Crippen LogP contribution < -0.4 is 4.90 Å². The van der Waals surface area contributed by atoms with E-state index in [1.165, 1.54) is 0 Å². The fourth-order valence-corrected chi connectivity index (χ4v) is 1.69. The highest BCUT2D eigenvalue weighted by Crippen LogP contribution is 2.17. The third-order valence-electron chi connectivity index (χ3n) is 2.73. The third kappa shape index (κ3) is 3.98. The first-order chi connectivity index (χ1) is 8.06. The minimum atomic E-state index is -0.485. The number of aromatic nitrogens is 1. The molecule has 0 aromatic carbocycles. The Balaban J connectivity index is 2.80. The Morgan fingerprint density at radius 1 is 1.29 bits per heavy atom. The Bertz CT molecular complexity index is 323. The van der Waals surface area contributed by atoms with Crippen molar-refractivity contribution in [3.63, 3.8) is 0 Å². The first-order valence-corrected chi connectivity index (χ1v) is 6.07. The van der Waals surface area contributed by atoms with E-state index >= 15 is 0 Å². The number of hydrogen-bond donors (Lipinski definition) is 2. The topological polar surface area (TPSA) is 56.6 Å². The number of anilines is 1. The molecule has 4 heteroatoms. The van der Waals surface area contributed by atoms with E-state index in [4.69, 9.17) is 5.11 Å². The lowest BCUT2D eigenvalue weighted by molar-refractivity contribution is 0.199. The van der Waals surface area contributed by atoms with E-state index in [1.54, 1.807) is 13.1 Å². The zero-order valence-electron chi connectivity index (χ0n) is 10.8. The molecule has 0 aliphatic heterocycles. The number of aliphatic hydroxyl groups excluding tert-OH is 2. The predicted octanol–water partition coefficient (Wildman–Crippen LogP) is 1.73. The van der Waals surface area contributed by atoms with Crippen LogP contribution in [0.4, 0.5) is 5.82 Å². The molecule has 1 aromatic rings. The van der Waals surface area contributed by atoms with Gasteiger partial charge in [-0.1, -0.05) is 6.07 Å². The predicted molar refractivity (Wildman–Crippen MR) is 69.1 cm³/mol. The van der Waals surface area contributed by atoms with E-state index in [0.29, 0.717) is 6.04 Å².